The predicted octanol–water partition coefficient (Wildman–Crippen LogP) is 1.38. The van der Waals surface area contributed by atoms with Gasteiger partial charge in [-0.1, -0.05) is 18.6 Å². The van der Waals surface area contributed by atoms with Crippen molar-refractivity contribution in [2.24, 2.45) is 5.92 Å². The molecule has 0 spiro atoms. The zero-order valence-corrected chi connectivity index (χ0v) is 11.4. The molecule has 1 aliphatic rings. The zero-order chi connectivity index (χ0) is 8.81. The molecule has 1 rings (SSSR count). The Balaban J connectivity index is 2.10. The summed E-state index contributed by atoms with van der Waals surface area (Å²) in [4.78, 5) is 0. The molecule has 2 unspecified atom stereocenters. The van der Waals surface area contributed by atoms with E-state index in [0.29, 0.717) is 0 Å². The average Bonchev–Trinajstić information content (AvgIpc) is 2.16. The lowest BCUT2D eigenvalue weighted by Gasteiger charge is -2.18. The van der Waals surface area contributed by atoms with Gasteiger partial charge in [-0.3, -0.25) is 0 Å². The van der Waals surface area contributed by atoms with Gasteiger partial charge in [-0.25, -0.2) is 0 Å². The third-order valence-corrected chi connectivity index (χ3v) is 7.13. The quantitative estimate of drug-likeness (QED) is 0.492. The van der Waals surface area contributed by atoms with Crippen LogP contribution >= 0.6 is 0 Å². The highest BCUT2D eigenvalue weighted by molar-refractivity contribution is 6.54. The first-order valence-corrected chi connectivity index (χ1v) is 8.26. The van der Waals surface area contributed by atoms with E-state index in [1.54, 1.807) is 0 Å². The van der Waals surface area contributed by atoms with Gasteiger partial charge in [-0.05, 0) is 37.8 Å². The van der Waals surface area contributed by atoms with Gasteiger partial charge in [-0.2, -0.15) is 0 Å². The smallest absolute Gasteiger partial charge is 0.159 e. The minimum absolute atomic E-state index is 0.715. The largest absolute Gasteiger partial charge is 0.466 e. The summed E-state index contributed by atoms with van der Waals surface area (Å²) in [5.74, 6) is 0.974. The van der Waals surface area contributed by atoms with Crippen LogP contribution in [-0.4, -0.2) is 19.5 Å². The van der Waals surface area contributed by atoms with E-state index in [0.717, 1.165) is 16.4 Å². The van der Waals surface area contributed by atoms with Crippen LogP contribution in [0.3, 0.4) is 0 Å². The van der Waals surface area contributed by atoms with Gasteiger partial charge >= 0.3 is 0 Å². The number of hydrogen-bond acceptors (Lipinski definition) is 1. The van der Waals surface area contributed by atoms with Crippen molar-refractivity contribution in [2.45, 2.75) is 38.3 Å². The van der Waals surface area contributed by atoms with E-state index in [9.17, 15) is 0 Å². The van der Waals surface area contributed by atoms with Crippen molar-refractivity contribution in [3.05, 3.63) is 12.2 Å². The highest BCUT2D eigenvalue weighted by atomic mass is 28.3. The fourth-order valence-corrected chi connectivity index (χ4v) is 3.59. The molecule has 0 N–H and O–H groups in total. The monoisotopic (exact) mass is 200 g/mol. The van der Waals surface area contributed by atoms with Crippen molar-refractivity contribution in [2.75, 3.05) is 0 Å². The Kier molecular flexibility index (Phi) is 4.87. The van der Waals surface area contributed by atoms with Crippen LogP contribution < -0.4 is 0 Å². The summed E-state index contributed by atoms with van der Waals surface area (Å²) in [5, 5.41) is 0. The molecular formula is C9H20OSi2. The summed E-state index contributed by atoms with van der Waals surface area (Å²) in [6.45, 7) is 2.33. The van der Waals surface area contributed by atoms with Crippen LogP contribution in [-0.2, 0) is 4.12 Å². The third kappa shape index (κ3) is 3.69. The molecule has 0 saturated carbocycles. The molecule has 1 aliphatic carbocycles. The SMILES string of the molecule is C[SiH](CCC1CC=CCC1)O[SiH3]. The Hall–Kier alpha value is 0.134. The molecule has 0 bridgehead atoms. The van der Waals surface area contributed by atoms with Gasteiger partial charge in [0.15, 0.2) is 9.04 Å². The molecule has 0 aliphatic heterocycles. The number of hydrogen-bond donors (Lipinski definition) is 0. The van der Waals surface area contributed by atoms with E-state index in [1.165, 1.54) is 31.7 Å². The maximum Gasteiger partial charge on any atom is 0.159 e. The van der Waals surface area contributed by atoms with Gasteiger partial charge in [0.25, 0.3) is 0 Å². The summed E-state index contributed by atoms with van der Waals surface area (Å²) < 4.78 is 5.50. The first kappa shape index (κ1) is 10.2. The van der Waals surface area contributed by atoms with E-state index in [1.807, 2.05) is 0 Å². The Morgan fingerprint density at radius 1 is 1.58 bits per heavy atom. The van der Waals surface area contributed by atoms with Gasteiger partial charge in [0.1, 0.15) is 10.5 Å². The zero-order valence-electron chi connectivity index (χ0n) is 8.25. The predicted molar refractivity (Wildman–Crippen MR) is 59.9 cm³/mol. The van der Waals surface area contributed by atoms with Crippen LogP contribution in [0.5, 0.6) is 0 Å². The Morgan fingerprint density at radius 2 is 2.42 bits per heavy atom. The standard InChI is InChI=1S/C9H20OSi2/c1-12(10-11)8-7-9-5-3-2-4-6-9/h2-3,9,12H,4-8H2,1,11H3. The molecule has 70 valence electrons. The van der Waals surface area contributed by atoms with E-state index < -0.39 is 9.04 Å². The van der Waals surface area contributed by atoms with Crippen molar-refractivity contribution in [1.29, 1.82) is 0 Å². The summed E-state index contributed by atoms with van der Waals surface area (Å²) in [6, 6.07) is 1.39. The highest BCUT2D eigenvalue weighted by Gasteiger charge is 2.11. The highest BCUT2D eigenvalue weighted by Crippen LogP contribution is 2.23. The van der Waals surface area contributed by atoms with Crippen molar-refractivity contribution in [1.82, 2.24) is 0 Å². The van der Waals surface area contributed by atoms with Crippen LogP contribution in [0.2, 0.25) is 12.6 Å². The second-order valence-corrected chi connectivity index (χ2v) is 7.86. The maximum atomic E-state index is 5.50. The lowest BCUT2D eigenvalue weighted by molar-refractivity contribution is 0.457. The van der Waals surface area contributed by atoms with E-state index in [-0.39, 0.29) is 0 Å². The first-order chi connectivity index (χ1) is 5.83. The van der Waals surface area contributed by atoms with Crippen molar-refractivity contribution in [3.63, 3.8) is 0 Å². The minimum atomic E-state index is -0.715. The second-order valence-electron chi connectivity index (χ2n) is 3.77. The molecule has 0 aromatic heterocycles. The van der Waals surface area contributed by atoms with Gasteiger partial charge in [0, 0.05) is 0 Å². The molecule has 0 amide bonds. The second kappa shape index (κ2) is 5.72. The van der Waals surface area contributed by atoms with Gasteiger partial charge in [0.05, 0.1) is 0 Å². The molecule has 0 aromatic rings. The first-order valence-electron chi connectivity index (χ1n) is 5.00. The van der Waals surface area contributed by atoms with Crippen molar-refractivity contribution >= 4 is 19.5 Å². The van der Waals surface area contributed by atoms with Gasteiger partial charge in [-0.15, -0.1) is 0 Å². The van der Waals surface area contributed by atoms with Crippen molar-refractivity contribution in [3.8, 4) is 0 Å². The fraction of sp³-hybridized carbons (Fsp3) is 0.778. The molecule has 1 nitrogen and oxygen atoms in total. The van der Waals surface area contributed by atoms with Crippen LogP contribution in [0, 0.1) is 5.92 Å². The van der Waals surface area contributed by atoms with Crippen molar-refractivity contribution < 1.29 is 4.12 Å². The lowest BCUT2D eigenvalue weighted by atomic mass is 9.92. The van der Waals surface area contributed by atoms with Crippen LogP contribution in [0.1, 0.15) is 25.7 Å². The van der Waals surface area contributed by atoms with Crippen LogP contribution in [0.15, 0.2) is 12.2 Å². The summed E-state index contributed by atoms with van der Waals surface area (Å²) in [7, 11) is 0.234. The molecule has 2 atom stereocenters. The molecule has 12 heavy (non-hydrogen) atoms. The molecule has 0 saturated heterocycles. The lowest BCUT2D eigenvalue weighted by Crippen LogP contribution is -2.13. The normalized spacial score (nSPS) is 25.9. The Labute approximate surface area is 80.5 Å². The van der Waals surface area contributed by atoms with Gasteiger partial charge < -0.3 is 4.12 Å². The summed E-state index contributed by atoms with van der Waals surface area (Å²) in [6.07, 6.45) is 10.1. The maximum absolute atomic E-state index is 5.50. The van der Waals surface area contributed by atoms with E-state index >= 15 is 0 Å². The van der Waals surface area contributed by atoms with E-state index in [2.05, 4.69) is 18.7 Å². The summed E-state index contributed by atoms with van der Waals surface area (Å²) >= 11 is 0. The topological polar surface area (TPSA) is 9.23 Å². The molecule has 0 heterocycles. The molecule has 0 aromatic carbocycles. The fourth-order valence-electron chi connectivity index (χ4n) is 1.71. The van der Waals surface area contributed by atoms with Crippen LogP contribution in [0.25, 0.3) is 0 Å². The number of rotatable bonds is 4. The minimum Gasteiger partial charge on any atom is -0.466 e. The Morgan fingerprint density at radius 3 is 3.00 bits per heavy atom. The third-order valence-electron chi connectivity index (χ3n) is 2.76. The van der Waals surface area contributed by atoms with Crippen LogP contribution in [0.4, 0.5) is 0 Å². The molecule has 0 fully saturated rings. The molecule has 0 radical (unpaired) electrons. The number of allylic oxidation sites excluding steroid dienone is 2. The van der Waals surface area contributed by atoms with E-state index in [4.69, 9.17) is 4.12 Å². The molecular weight excluding hydrogens is 180 g/mol. The Bertz CT molecular complexity index is 147. The molecule has 3 heteroatoms. The summed E-state index contributed by atoms with van der Waals surface area (Å²) in [5.41, 5.74) is 0. The average molecular weight is 200 g/mol. The van der Waals surface area contributed by atoms with Gasteiger partial charge in [0.2, 0.25) is 0 Å².